The highest BCUT2D eigenvalue weighted by molar-refractivity contribution is 7.88. The standard InChI is InChI=1S/C9H11ClF3N3O2S/c1-19(17,18)15-3-2-14-8-5-6(9(11,12)13)4-7(10)16-8/h4-5,15H,2-3H2,1H3,(H,14,16). The number of halogens is 4. The minimum Gasteiger partial charge on any atom is -0.369 e. The van der Waals surface area contributed by atoms with Crippen LogP contribution < -0.4 is 10.0 Å². The molecule has 0 saturated heterocycles. The SMILES string of the molecule is CS(=O)(=O)NCCNc1cc(C(F)(F)F)cc(Cl)n1. The average molecular weight is 318 g/mol. The van der Waals surface area contributed by atoms with Crippen molar-refractivity contribution in [2.45, 2.75) is 6.18 Å². The predicted molar refractivity (Wildman–Crippen MR) is 65.6 cm³/mol. The van der Waals surface area contributed by atoms with Crippen molar-refractivity contribution in [2.24, 2.45) is 0 Å². The summed E-state index contributed by atoms with van der Waals surface area (Å²) in [5, 5.41) is 2.25. The van der Waals surface area contributed by atoms with Gasteiger partial charge in [0.2, 0.25) is 10.0 Å². The molecule has 5 nitrogen and oxygen atoms in total. The number of alkyl halides is 3. The van der Waals surface area contributed by atoms with Crippen LogP contribution in [0.2, 0.25) is 5.15 Å². The van der Waals surface area contributed by atoms with Crippen LogP contribution in [-0.4, -0.2) is 32.7 Å². The molecule has 1 heterocycles. The monoisotopic (exact) mass is 317 g/mol. The van der Waals surface area contributed by atoms with Crippen molar-refractivity contribution in [3.63, 3.8) is 0 Å². The van der Waals surface area contributed by atoms with Crippen LogP contribution in [0.15, 0.2) is 12.1 Å². The number of pyridine rings is 1. The highest BCUT2D eigenvalue weighted by Gasteiger charge is 2.31. The van der Waals surface area contributed by atoms with E-state index < -0.39 is 21.8 Å². The third-order valence-corrected chi connectivity index (χ3v) is 2.84. The van der Waals surface area contributed by atoms with Gasteiger partial charge in [0.25, 0.3) is 0 Å². The normalized spacial score (nSPS) is 12.5. The first-order valence-corrected chi connectivity index (χ1v) is 7.28. The smallest absolute Gasteiger partial charge is 0.369 e. The van der Waals surface area contributed by atoms with Gasteiger partial charge in [-0.15, -0.1) is 0 Å². The van der Waals surface area contributed by atoms with Crippen LogP contribution >= 0.6 is 11.6 Å². The van der Waals surface area contributed by atoms with Gasteiger partial charge in [0.15, 0.2) is 0 Å². The zero-order valence-corrected chi connectivity index (χ0v) is 11.3. The van der Waals surface area contributed by atoms with E-state index in [1.165, 1.54) is 0 Å². The van der Waals surface area contributed by atoms with Crippen molar-refractivity contribution in [1.82, 2.24) is 9.71 Å². The third kappa shape index (κ3) is 6.08. The fourth-order valence-electron chi connectivity index (χ4n) is 1.18. The van der Waals surface area contributed by atoms with Crippen LogP contribution in [0.5, 0.6) is 0 Å². The quantitative estimate of drug-likeness (QED) is 0.641. The Labute approximate surface area is 113 Å². The first-order chi connectivity index (χ1) is 8.58. The summed E-state index contributed by atoms with van der Waals surface area (Å²) in [6.45, 7) is 0.103. The van der Waals surface area contributed by atoms with Crippen LogP contribution in [0.4, 0.5) is 19.0 Å². The Balaban J connectivity index is 2.67. The topological polar surface area (TPSA) is 71.1 Å². The molecule has 0 spiro atoms. The molecule has 1 aromatic heterocycles. The van der Waals surface area contributed by atoms with E-state index in [1.54, 1.807) is 0 Å². The lowest BCUT2D eigenvalue weighted by Gasteiger charge is -2.10. The van der Waals surface area contributed by atoms with Gasteiger partial charge in [0.1, 0.15) is 11.0 Å². The summed E-state index contributed by atoms with van der Waals surface area (Å²) in [4.78, 5) is 3.66. The van der Waals surface area contributed by atoms with Gasteiger partial charge in [0.05, 0.1) is 11.8 Å². The largest absolute Gasteiger partial charge is 0.416 e. The van der Waals surface area contributed by atoms with Gasteiger partial charge in [-0.25, -0.2) is 18.1 Å². The number of hydrogen-bond acceptors (Lipinski definition) is 4. The fraction of sp³-hybridized carbons (Fsp3) is 0.444. The van der Waals surface area contributed by atoms with E-state index in [0.717, 1.165) is 12.3 Å². The maximum atomic E-state index is 12.5. The van der Waals surface area contributed by atoms with Gasteiger partial charge in [-0.05, 0) is 12.1 Å². The second kappa shape index (κ2) is 5.93. The molecular weight excluding hydrogens is 307 g/mol. The number of nitrogens with one attached hydrogen (secondary N) is 2. The zero-order chi connectivity index (χ0) is 14.7. The maximum absolute atomic E-state index is 12.5. The maximum Gasteiger partial charge on any atom is 0.416 e. The lowest BCUT2D eigenvalue weighted by atomic mass is 10.2. The number of anilines is 1. The van der Waals surface area contributed by atoms with Crippen LogP contribution in [0, 0.1) is 0 Å². The molecule has 0 aliphatic rings. The molecule has 0 aromatic carbocycles. The van der Waals surface area contributed by atoms with Crippen LogP contribution in [0.1, 0.15) is 5.56 Å². The number of rotatable bonds is 5. The molecular formula is C9H11ClF3N3O2S. The summed E-state index contributed by atoms with van der Waals surface area (Å²) in [6.07, 6.45) is -3.54. The molecule has 0 amide bonds. The van der Waals surface area contributed by atoms with Gasteiger partial charge in [-0.2, -0.15) is 13.2 Å². The van der Waals surface area contributed by atoms with Gasteiger partial charge in [-0.3, -0.25) is 0 Å². The van der Waals surface area contributed by atoms with E-state index in [2.05, 4.69) is 15.0 Å². The molecule has 0 aliphatic carbocycles. The summed E-state index contributed by atoms with van der Waals surface area (Å²) in [5.74, 6) is -0.0740. The molecule has 0 saturated carbocycles. The van der Waals surface area contributed by atoms with Crippen LogP contribution in [0.3, 0.4) is 0 Å². The van der Waals surface area contributed by atoms with Crippen molar-refractivity contribution in [3.05, 3.63) is 22.8 Å². The van der Waals surface area contributed by atoms with Gasteiger partial charge >= 0.3 is 6.18 Å². The second-order valence-corrected chi connectivity index (χ2v) is 5.88. The van der Waals surface area contributed by atoms with Gasteiger partial charge in [-0.1, -0.05) is 11.6 Å². The molecule has 0 fully saturated rings. The predicted octanol–water partition coefficient (Wildman–Crippen LogP) is 1.71. The van der Waals surface area contributed by atoms with E-state index in [-0.39, 0.29) is 24.1 Å². The Bertz CT molecular complexity index is 548. The van der Waals surface area contributed by atoms with Crippen molar-refractivity contribution >= 4 is 27.4 Å². The second-order valence-electron chi connectivity index (χ2n) is 3.65. The van der Waals surface area contributed by atoms with Gasteiger partial charge < -0.3 is 5.32 Å². The molecule has 108 valence electrons. The molecule has 1 rings (SSSR count). The molecule has 0 radical (unpaired) electrons. The summed E-state index contributed by atoms with van der Waals surface area (Å²) < 4.78 is 61.2. The van der Waals surface area contributed by atoms with Crippen molar-refractivity contribution in [1.29, 1.82) is 0 Å². The van der Waals surface area contributed by atoms with Gasteiger partial charge in [0, 0.05) is 13.1 Å². The zero-order valence-electron chi connectivity index (χ0n) is 9.75. The fourth-order valence-corrected chi connectivity index (χ4v) is 1.86. The molecule has 2 N–H and O–H groups in total. The molecule has 0 aliphatic heterocycles. The number of nitrogens with zero attached hydrogens (tertiary/aromatic N) is 1. The number of sulfonamides is 1. The summed E-state index contributed by atoms with van der Waals surface area (Å²) >= 11 is 5.48. The number of aromatic nitrogens is 1. The van der Waals surface area contributed by atoms with Crippen molar-refractivity contribution in [3.8, 4) is 0 Å². The van der Waals surface area contributed by atoms with E-state index in [0.29, 0.717) is 6.07 Å². The minimum atomic E-state index is -4.52. The molecule has 10 heteroatoms. The van der Waals surface area contributed by atoms with E-state index in [9.17, 15) is 21.6 Å². The molecule has 0 unspecified atom stereocenters. The Hall–Kier alpha value is -1.06. The molecule has 19 heavy (non-hydrogen) atoms. The summed E-state index contributed by atoms with van der Waals surface area (Å²) in [6, 6.07) is 1.51. The van der Waals surface area contributed by atoms with Crippen molar-refractivity contribution < 1.29 is 21.6 Å². The molecule has 0 bridgehead atoms. The first kappa shape index (κ1) is 16.0. The lowest BCUT2D eigenvalue weighted by Crippen LogP contribution is -2.27. The van der Waals surface area contributed by atoms with E-state index in [4.69, 9.17) is 11.6 Å². The summed E-state index contributed by atoms with van der Waals surface area (Å²) in [7, 11) is -3.33. The number of hydrogen-bond donors (Lipinski definition) is 2. The Morgan fingerprint density at radius 1 is 1.32 bits per heavy atom. The third-order valence-electron chi connectivity index (χ3n) is 1.92. The van der Waals surface area contributed by atoms with Crippen molar-refractivity contribution in [2.75, 3.05) is 24.7 Å². The van der Waals surface area contributed by atoms with Crippen LogP contribution in [-0.2, 0) is 16.2 Å². The Kier molecular flexibility index (Phi) is 4.99. The van der Waals surface area contributed by atoms with Crippen LogP contribution in [0.25, 0.3) is 0 Å². The molecule has 1 aromatic rings. The highest BCUT2D eigenvalue weighted by Crippen LogP contribution is 2.31. The first-order valence-electron chi connectivity index (χ1n) is 5.01. The Morgan fingerprint density at radius 3 is 2.47 bits per heavy atom. The minimum absolute atomic E-state index is 0.0222. The Morgan fingerprint density at radius 2 is 1.95 bits per heavy atom. The average Bonchev–Trinajstić information content (AvgIpc) is 2.21. The van der Waals surface area contributed by atoms with E-state index in [1.807, 2.05) is 0 Å². The summed E-state index contributed by atoms with van der Waals surface area (Å²) in [5.41, 5.74) is -0.925. The highest BCUT2D eigenvalue weighted by atomic mass is 35.5. The molecule has 0 atom stereocenters. The van der Waals surface area contributed by atoms with E-state index >= 15 is 0 Å². The lowest BCUT2D eigenvalue weighted by molar-refractivity contribution is -0.137.